The highest BCUT2D eigenvalue weighted by Gasteiger charge is 2.14. The van der Waals surface area contributed by atoms with E-state index in [0.717, 1.165) is 5.56 Å². The van der Waals surface area contributed by atoms with Crippen molar-refractivity contribution in [1.29, 1.82) is 0 Å². The van der Waals surface area contributed by atoms with Crippen LogP contribution in [-0.2, 0) is 6.42 Å². The summed E-state index contributed by atoms with van der Waals surface area (Å²) in [6.07, 6.45) is -0.462. The van der Waals surface area contributed by atoms with Gasteiger partial charge in [0.2, 0.25) is 0 Å². The van der Waals surface area contributed by atoms with Crippen LogP contribution in [0.4, 0.5) is 4.39 Å². The molecule has 0 saturated heterocycles. The minimum Gasteiger partial charge on any atom is -0.493 e. The van der Waals surface area contributed by atoms with Crippen LogP contribution in [0, 0.1) is 5.82 Å². The summed E-state index contributed by atoms with van der Waals surface area (Å²) in [7, 11) is 3.12. The number of rotatable bonds is 5. The summed E-state index contributed by atoms with van der Waals surface area (Å²) in [4.78, 5) is 0. The van der Waals surface area contributed by atoms with Crippen molar-refractivity contribution >= 4 is 15.9 Å². The number of aliphatic hydroxyl groups excluding tert-OH is 1. The van der Waals surface area contributed by atoms with Crippen molar-refractivity contribution in [3.63, 3.8) is 0 Å². The van der Waals surface area contributed by atoms with Gasteiger partial charge in [-0.05, 0) is 41.5 Å². The van der Waals surface area contributed by atoms with Crippen LogP contribution in [0.25, 0.3) is 0 Å². The normalized spacial score (nSPS) is 12.0. The first-order valence-corrected chi connectivity index (χ1v) is 7.18. The van der Waals surface area contributed by atoms with Crippen molar-refractivity contribution in [2.45, 2.75) is 12.5 Å². The minimum atomic E-state index is -0.812. The topological polar surface area (TPSA) is 38.7 Å². The van der Waals surface area contributed by atoms with E-state index in [4.69, 9.17) is 9.47 Å². The lowest BCUT2D eigenvalue weighted by atomic mass is 10.0. The van der Waals surface area contributed by atoms with Gasteiger partial charge in [-0.15, -0.1) is 0 Å². The first-order chi connectivity index (χ1) is 10.0. The third kappa shape index (κ3) is 3.74. The maximum Gasteiger partial charge on any atom is 0.160 e. The molecule has 1 atom stereocenters. The van der Waals surface area contributed by atoms with Crippen LogP contribution in [-0.4, -0.2) is 19.3 Å². The van der Waals surface area contributed by atoms with Crippen LogP contribution in [0.1, 0.15) is 17.2 Å². The largest absolute Gasteiger partial charge is 0.493 e. The Morgan fingerprint density at radius 1 is 1.10 bits per heavy atom. The third-order valence-corrected chi connectivity index (χ3v) is 3.92. The van der Waals surface area contributed by atoms with Crippen molar-refractivity contribution in [2.75, 3.05) is 14.2 Å². The van der Waals surface area contributed by atoms with Crippen molar-refractivity contribution in [3.8, 4) is 11.5 Å². The molecule has 0 aromatic heterocycles. The first kappa shape index (κ1) is 15.8. The van der Waals surface area contributed by atoms with Gasteiger partial charge in [0, 0.05) is 10.9 Å². The molecule has 0 spiro atoms. The highest BCUT2D eigenvalue weighted by Crippen LogP contribution is 2.31. The Hall–Kier alpha value is -1.59. The van der Waals surface area contributed by atoms with Crippen LogP contribution >= 0.6 is 15.9 Å². The lowest BCUT2D eigenvalue weighted by Crippen LogP contribution is -2.04. The third-order valence-electron chi connectivity index (χ3n) is 3.19. The summed E-state index contributed by atoms with van der Waals surface area (Å²) >= 11 is 3.32. The van der Waals surface area contributed by atoms with Crippen LogP contribution in [0.2, 0.25) is 0 Å². The van der Waals surface area contributed by atoms with E-state index >= 15 is 0 Å². The SMILES string of the molecule is COc1ccc(CC(O)c2cc(F)ccc2Br)cc1OC. The second-order valence-electron chi connectivity index (χ2n) is 4.58. The molecule has 0 heterocycles. The number of ether oxygens (including phenoxy) is 2. The average Bonchev–Trinajstić information content (AvgIpc) is 2.49. The predicted molar refractivity (Wildman–Crippen MR) is 82.3 cm³/mol. The second kappa shape index (κ2) is 6.91. The Kier molecular flexibility index (Phi) is 5.20. The van der Waals surface area contributed by atoms with Crippen LogP contribution in [0.5, 0.6) is 11.5 Å². The number of benzene rings is 2. The van der Waals surface area contributed by atoms with Crippen molar-refractivity contribution in [3.05, 3.63) is 57.8 Å². The quantitative estimate of drug-likeness (QED) is 0.885. The Morgan fingerprint density at radius 3 is 2.48 bits per heavy atom. The molecule has 2 aromatic carbocycles. The van der Waals surface area contributed by atoms with E-state index in [1.54, 1.807) is 32.4 Å². The summed E-state index contributed by atoms with van der Waals surface area (Å²) in [6, 6.07) is 9.68. The Balaban J connectivity index is 2.23. The zero-order valence-electron chi connectivity index (χ0n) is 11.8. The van der Waals surface area contributed by atoms with E-state index in [1.807, 2.05) is 6.07 Å². The molecule has 1 unspecified atom stereocenters. The van der Waals surface area contributed by atoms with Crippen molar-refractivity contribution in [1.82, 2.24) is 0 Å². The molecule has 0 radical (unpaired) electrons. The summed E-state index contributed by atoms with van der Waals surface area (Å²) in [5.74, 6) is 0.850. The van der Waals surface area contributed by atoms with E-state index in [1.165, 1.54) is 12.1 Å². The molecule has 3 nitrogen and oxygen atoms in total. The Labute approximate surface area is 131 Å². The van der Waals surface area contributed by atoms with Gasteiger partial charge >= 0.3 is 0 Å². The number of hydrogen-bond acceptors (Lipinski definition) is 3. The lowest BCUT2D eigenvalue weighted by molar-refractivity contribution is 0.177. The number of hydrogen-bond donors (Lipinski definition) is 1. The molecule has 0 aliphatic carbocycles. The lowest BCUT2D eigenvalue weighted by Gasteiger charge is -2.15. The molecule has 0 aliphatic rings. The molecule has 0 fully saturated rings. The maximum atomic E-state index is 13.3. The van der Waals surface area contributed by atoms with Gasteiger partial charge in [0.1, 0.15) is 5.82 Å². The summed E-state index contributed by atoms with van der Waals surface area (Å²) in [5, 5.41) is 10.3. The van der Waals surface area contributed by atoms with E-state index in [2.05, 4.69) is 15.9 Å². The van der Waals surface area contributed by atoms with Gasteiger partial charge < -0.3 is 14.6 Å². The molecule has 112 valence electrons. The predicted octanol–water partition coefficient (Wildman–Crippen LogP) is 3.88. The first-order valence-electron chi connectivity index (χ1n) is 6.39. The highest BCUT2D eigenvalue weighted by molar-refractivity contribution is 9.10. The summed E-state index contributed by atoms with van der Waals surface area (Å²) in [6.45, 7) is 0. The average molecular weight is 355 g/mol. The van der Waals surface area contributed by atoms with Gasteiger partial charge in [-0.25, -0.2) is 4.39 Å². The zero-order chi connectivity index (χ0) is 15.4. The van der Waals surface area contributed by atoms with Gasteiger partial charge in [-0.3, -0.25) is 0 Å². The number of halogens is 2. The second-order valence-corrected chi connectivity index (χ2v) is 5.43. The molecule has 2 rings (SSSR count). The van der Waals surface area contributed by atoms with Gasteiger partial charge in [-0.1, -0.05) is 22.0 Å². The van der Waals surface area contributed by atoms with Gasteiger partial charge in [0.25, 0.3) is 0 Å². The van der Waals surface area contributed by atoms with Gasteiger partial charge in [0.05, 0.1) is 20.3 Å². The number of aliphatic hydroxyl groups is 1. The van der Waals surface area contributed by atoms with Crippen LogP contribution in [0.15, 0.2) is 40.9 Å². The Morgan fingerprint density at radius 2 is 1.81 bits per heavy atom. The van der Waals surface area contributed by atoms with Crippen LogP contribution in [0.3, 0.4) is 0 Å². The van der Waals surface area contributed by atoms with E-state index in [-0.39, 0.29) is 5.82 Å². The van der Waals surface area contributed by atoms with Crippen molar-refractivity contribution in [2.24, 2.45) is 0 Å². The summed E-state index contributed by atoms with van der Waals surface area (Å²) in [5.41, 5.74) is 1.39. The fourth-order valence-corrected chi connectivity index (χ4v) is 2.62. The van der Waals surface area contributed by atoms with E-state index in [9.17, 15) is 9.50 Å². The monoisotopic (exact) mass is 354 g/mol. The molecule has 0 amide bonds. The van der Waals surface area contributed by atoms with E-state index < -0.39 is 6.10 Å². The minimum absolute atomic E-state index is 0.350. The van der Waals surface area contributed by atoms with Gasteiger partial charge in [0.15, 0.2) is 11.5 Å². The van der Waals surface area contributed by atoms with E-state index in [0.29, 0.717) is 28.0 Å². The zero-order valence-corrected chi connectivity index (χ0v) is 13.4. The fourth-order valence-electron chi connectivity index (χ4n) is 2.11. The standard InChI is InChI=1S/C16H16BrFO3/c1-20-15-6-3-10(8-16(15)21-2)7-14(19)12-9-11(18)4-5-13(12)17/h3-6,8-9,14,19H,7H2,1-2H3. The molecule has 0 saturated carbocycles. The molecular weight excluding hydrogens is 339 g/mol. The molecule has 21 heavy (non-hydrogen) atoms. The molecule has 5 heteroatoms. The highest BCUT2D eigenvalue weighted by atomic mass is 79.9. The fraction of sp³-hybridized carbons (Fsp3) is 0.250. The van der Waals surface area contributed by atoms with Crippen molar-refractivity contribution < 1.29 is 19.0 Å². The molecule has 1 N–H and O–H groups in total. The maximum absolute atomic E-state index is 13.3. The number of methoxy groups -OCH3 is 2. The Bertz CT molecular complexity index is 631. The smallest absolute Gasteiger partial charge is 0.160 e. The van der Waals surface area contributed by atoms with Crippen LogP contribution < -0.4 is 9.47 Å². The van der Waals surface area contributed by atoms with Gasteiger partial charge in [-0.2, -0.15) is 0 Å². The molecule has 0 bridgehead atoms. The molecule has 2 aromatic rings. The summed E-state index contributed by atoms with van der Waals surface area (Å²) < 4.78 is 24.4. The molecule has 0 aliphatic heterocycles. The molecular formula is C16H16BrFO3.